The van der Waals surface area contributed by atoms with Crippen molar-refractivity contribution in [3.8, 4) is 11.5 Å². The number of aromatic hydroxyl groups is 1. The van der Waals surface area contributed by atoms with Gasteiger partial charge in [-0.15, -0.1) is 0 Å². The minimum absolute atomic E-state index is 0.0732. The number of carbonyl (C=O) groups excluding carboxylic acids is 1. The summed E-state index contributed by atoms with van der Waals surface area (Å²) >= 11 is 0. The van der Waals surface area contributed by atoms with Gasteiger partial charge < -0.3 is 14.6 Å². The molecule has 0 saturated heterocycles. The molecular weight excluding hydrogens is 368 g/mol. The quantitative estimate of drug-likeness (QED) is 0.435. The van der Waals surface area contributed by atoms with Crippen molar-refractivity contribution in [3.63, 3.8) is 0 Å². The minimum Gasteiger partial charge on any atom is -0.507 e. The highest BCUT2D eigenvalue weighted by Crippen LogP contribution is 2.31. The molecule has 2 unspecified atom stereocenters. The van der Waals surface area contributed by atoms with Crippen molar-refractivity contribution >= 4 is 18.1 Å². The Morgan fingerprint density at radius 3 is 2.44 bits per heavy atom. The second kappa shape index (κ2) is 9.07. The van der Waals surface area contributed by atoms with E-state index < -0.39 is 36.7 Å². The lowest BCUT2D eigenvalue weighted by Gasteiger charge is -2.15. The van der Waals surface area contributed by atoms with Gasteiger partial charge in [-0.3, -0.25) is 0 Å². The molecule has 0 spiro atoms. The monoisotopic (exact) mass is 384 g/mol. The van der Waals surface area contributed by atoms with Crippen LogP contribution in [-0.4, -0.2) is 37.4 Å². The van der Waals surface area contributed by atoms with E-state index in [1.54, 1.807) is 0 Å². The van der Waals surface area contributed by atoms with Gasteiger partial charge in [0.1, 0.15) is 29.6 Å². The van der Waals surface area contributed by atoms with E-state index in [0.717, 1.165) is 19.2 Å². The molecule has 2 aromatic rings. The Bertz CT molecular complexity index is 821. The van der Waals surface area contributed by atoms with Crippen LogP contribution in [0.2, 0.25) is 0 Å². The molecule has 2 aromatic carbocycles. The minimum atomic E-state index is -2.59. The number of carbonyl (C=O) groups is 1. The Kier molecular flexibility index (Phi) is 6.81. The van der Waals surface area contributed by atoms with Crippen LogP contribution < -0.4 is 4.74 Å². The van der Waals surface area contributed by atoms with E-state index in [0.29, 0.717) is 5.56 Å². The van der Waals surface area contributed by atoms with Crippen molar-refractivity contribution in [2.24, 2.45) is 0 Å². The lowest BCUT2D eigenvalue weighted by Crippen LogP contribution is -2.25. The first-order valence-electron chi connectivity index (χ1n) is 7.75. The van der Waals surface area contributed by atoms with Crippen molar-refractivity contribution in [1.29, 1.82) is 0 Å². The first-order valence-corrected chi connectivity index (χ1v) is 7.75. The maximum atomic E-state index is 13.5. The first-order chi connectivity index (χ1) is 12.8. The summed E-state index contributed by atoms with van der Waals surface area (Å²) in [5.74, 6) is -2.22. The van der Waals surface area contributed by atoms with Crippen LogP contribution in [0.3, 0.4) is 0 Å². The molecule has 0 aliphatic heterocycles. The van der Waals surface area contributed by atoms with Crippen LogP contribution in [-0.2, 0) is 4.74 Å². The zero-order valence-electron chi connectivity index (χ0n) is 14.2. The normalized spacial score (nSPS) is 13.4. The number of benzene rings is 2. The third-order valence-corrected chi connectivity index (χ3v) is 3.52. The maximum absolute atomic E-state index is 13.5. The van der Waals surface area contributed by atoms with Gasteiger partial charge in [0.05, 0.1) is 7.11 Å². The molecule has 27 heavy (non-hydrogen) atoms. The second-order valence-electron chi connectivity index (χ2n) is 5.42. The number of methoxy groups -OCH3 is 1. The van der Waals surface area contributed by atoms with Gasteiger partial charge in [0.2, 0.25) is 0 Å². The fourth-order valence-corrected chi connectivity index (χ4v) is 2.18. The first kappa shape index (κ1) is 20.3. The molecule has 2 rings (SSSR count). The van der Waals surface area contributed by atoms with E-state index in [9.17, 15) is 27.5 Å². The van der Waals surface area contributed by atoms with Gasteiger partial charge in [-0.05, 0) is 29.3 Å². The Hall–Kier alpha value is -3.03. The largest absolute Gasteiger partial charge is 0.507 e. The molecule has 0 aromatic heterocycles. The van der Waals surface area contributed by atoms with Gasteiger partial charge in [-0.2, -0.15) is 4.39 Å². The number of hydrogen-bond acceptors (Lipinski definition) is 4. The Morgan fingerprint density at radius 1 is 1.19 bits per heavy atom. The Morgan fingerprint density at radius 2 is 1.85 bits per heavy atom. The zero-order chi connectivity index (χ0) is 20.0. The summed E-state index contributed by atoms with van der Waals surface area (Å²) in [5, 5.41) is 10.1. The zero-order valence-corrected chi connectivity index (χ0v) is 14.2. The molecule has 8 heteroatoms. The molecule has 0 bridgehead atoms. The third kappa shape index (κ3) is 5.22. The van der Waals surface area contributed by atoms with Crippen LogP contribution in [0, 0.1) is 5.82 Å². The molecule has 4 nitrogen and oxygen atoms in total. The van der Waals surface area contributed by atoms with Crippen molar-refractivity contribution in [3.05, 3.63) is 58.9 Å². The van der Waals surface area contributed by atoms with Crippen LogP contribution in [0.1, 0.15) is 21.5 Å². The van der Waals surface area contributed by atoms with E-state index in [1.165, 1.54) is 36.4 Å². The molecule has 0 saturated carbocycles. The van der Waals surface area contributed by atoms with Crippen molar-refractivity contribution in [2.45, 2.75) is 12.5 Å². The fourth-order valence-electron chi connectivity index (χ4n) is 2.18. The van der Waals surface area contributed by atoms with Crippen molar-refractivity contribution in [1.82, 2.24) is 0 Å². The molecule has 0 fully saturated rings. The number of halogens is 4. The number of rotatable bonds is 7. The Balaban J connectivity index is 2.41. The molecule has 144 valence electrons. The van der Waals surface area contributed by atoms with Crippen LogP contribution in [0.15, 0.2) is 36.4 Å². The summed E-state index contributed by atoms with van der Waals surface area (Å²) in [6, 6.07) is 7.43. The van der Waals surface area contributed by atoms with E-state index >= 15 is 0 Å². The molecule has 0 aliphatic rings. The molecule has 2 atom stereocenters. The molecule has 1 N–H and O–H groups in total. The SMILES string of the molecule is COC(=O)c1c(O)cc(OC(F)C(F)CF)cc1C=Cc1ccc(F)cc1. The highest BCUT2D eigenvalue weighted by molar-refractivity contribution is 5.98. The van der Waals surface area contributed by atoms with Crippen LogP contribution in [0.4, 0.5) is 17.6 Å². The van der Waals surface area contributed by atoms with Gasteiger partial charge in [0, 0.05) is 6.07 Å². The van der Waals surface area contributed by atoms with E-state index in [1.807, 2.05) is 0 Å². The number of alkyl halides is 3. The number of phenols is 1. The van der Waals surface area contributed by atoms with Gasteiger partial charge in [0.25, 0.3) is 6.36 Å². The molecular formula is C19H16F4O4. The van der Waals surface area contributed by atoms with E-state index in [4.69, 9.17) is 0 Å². The average molecular weight is 384 g/mol. The highest BCUT2D eigenvalue weighted by Gasteiger charge is 2.24. The number of esters is 1. The predicted molar refractivity (Wildman–Crippen MR) is 91.2 cm³/mol. The topological polar surface area (TPSA) is 55.8 Å². The number of phenolic OH excluding ortho intramolecular Hbond substituents is 1. The molecule has 0 heterocycles. The van der Waals surface area contributed by atoms with Gasteiger partial charge >= 0.3 is 5.97 Å². The van der Waals surface area contributed by atoms with Crippen molar-refractivity contribution in [2.75, 3.05) is 13.8 Å². The average Bonchev–Trinajstić information content (AvgIpc) is 2.66. The third-order valence-electron chi connectivity index (χ3n) is 3.52. The highest BCUT2D eigenvalue weighted by atomic mass is 19.2. The molecule has 0 amide bonds. The lowest BCUT2D eigenvalue weighted by atomic mass is 10.0. The standard InChI is InChI=1S/C19H16F4O4/c1-26-19(25)17-12(5-2-11-3-6-13(21)7-4-11)8-14(9-16(17)24)27-18(23)15(22)10-20/h2-9,15,18,24H,10H2,1H3. The van der Waals surface area contributed by atoms with Crippen LogP contribution in [0.5, 0.6) is 11.5 Å². The summed E-state index contributed by atoms with van der Waals surface area (Å²) in [5.41, 5.74) is 0.410. The molecule has 0 aliphatic carbocycles. The number of hydrogen-bond donors (Lipinski definition) is 1. The lowest BCUT2D eigenvalue weighted by molar-refractivity contribution is -0.0149. The van der Waals surface area contributed by atoms with E-state index in [-0.39, 0.29) is 16.9 Å². The summed E-state index contributed by atoms with van der Waals surface area (Å²) in [7, 11) is 1.10. The van der Waals surface area contributed by atoms with Gasteiger partial charge in [-0.1, -0.05) is 24.3 Å². The Labute approximate surface area is 152 Å². The smallest absolute Gasteiger partial charge is 0.342 e. The fraction of sp³-hybridized carbons (Fsp3) is 0.211. The summed E-state index contributed by atoms with van der Waals surface area (Å²) in [6.07, 6.45) is -2.21. The number of ether oxygens (including phenoxy) is 2. The second-order valence-corrected chi connectivity index (χ2v) is 5.42. The maximum Gasteiger partial charge on any atom is 0.342 e. The predicted octanol–water partition coefficient (Wildman–Crippen LogP) is 4.47. The van der Waals surface area contributed by atoms with E-state index in [2.05, 4.69) is 9.47 Å². The van der Waals surface area contributed by atoms with Crippen molar-refractivity contribution < 1.29 is 36.9 Å². The summed E-state index contributed by atoms with van der Waals surface area (Å²) in [6.45, 7) is -1.58. The van der Waals surface area contributed by atoms with Crippen LogP contribution >= 0.6 is 0 Å². The van der Waals surface area contributed by atoms with Crippen LogP contribution in [0.25, 0.3) is 12.2 Å². The van der Waals surface area contributed by atoms with Gasteiger partial charge in [-0.25, -0.2) is 18.0 Å². The van der Waals surface area contributed by atoms with Gasteiger partial charge in [0.15, 0.2) is 6.17 Å². The summed E-state index contributed by atoms with van der Waals surface area (Å²) in [4.78, 5) is 11.9. The summed E-state index contributed by atoms with van der Waals surface area (Å²) < 4.78 is 60.9. The molecule has 0 radical (unpaired) electrons.